The lowest BCUT2D eigenvalue weighted by Crippen LogP contribution is -2.38. The Morgan fingerprint density at radius 2 is 2.00 bits per heavy atom. The van der Waals surface area contributed by atoms with Gasteiger partial charge in [0.15, 0.2) is 0 Å². The van der Waals surface area contributed by atoms with E-state index in [4.69, 9.17) is 9.47 Å². The summed E-state index contributed by atoms with van der Waals surface area (Å²) >= 11 is 0. The van der Waals surface area contributed by atoms with E-state index in [1.807, 2.05) is 13.8 Å². The SMILES string of the molecule is COc1ccc(OC)c([C@@H](C=O)[C@H]2CCCC(C)(C)C2=O)c1. The molecular weight excluding hydrogens is 280 g/mol. The van der Waals surface area contributed by atoms with E-state index in [2.05, 4.69) is 0 Å². The molecule has 4 nitrogen and oxygen atoms in total. The van der Waals surface area contributed by atoms with Gasteiger partial charge in [-0.3, -0.25) is 4.79 Å². The van der Waals surface area contributed by atoms with Crippen molar-refractivity contribution in [2.24, 2.45) is 11.3 Å². The number of ketones is 1. The lowest BCUT2D eigenvalue weighted by molar-refractivity contribution is -0.136. The van der Waals surface area contributed by atoms with Gasteiger partial charge in [0, 0.05) is 16.9 Å². The molecular formula is C18H24O4. The van der Waals surface area contributed by atoms with Crippen LogP contribution in [0.3, 0.4) is 0 Å². The number of benzene rings is 1. The molecule has 1 aliphatic carbocycles. The Morgan fingerprint density at radius 1 is 1.27 bits per heavy atom. The van der Waals surface area contributed by atoms with Gasteiger partial charge in [0.2, 0.25) is 0 Å². The first-order chi connectivity index (χ1) is 10.4. The molecule has 2 atom stereocenters. The maximum atomic E-state index is 12.7. The topological polar surface area (TPSA) is 52.6 Å². The van der Waals surface area contributed by atoms with Crippen LogP contribution in [0.15, 0.2) is 18.2 Å². The molecule has 1 aliphatic rings. The number of carbonyl (C=O) groups is 2. The van der Waals surface area contributed by atoms with Crippen LogP contribution in [0.25, 0.3) is 0 Å². The van der Waals surface area contributed by atoms with Gasteiger partial charge >= 0.3 is 0 Å². The van der Waals surface area contributed by atoms with E-state index >= 15 is 0 Å². The van der Waals surface area contributed by atoms with Gasteiger partial charge in [0.25, 0.3) is 0 Å². The van der Waals surface area contributed by atoms with Gasteiger partial charge in [-0.05, 0) is 31.0 Å². The molecule has 0 bridgehead atoms. The smallest absolute Gasteiger partial charge is 0.142 e. The average molecular weight is 304 g/mol. The van der Waals surface area contributed by atoms with Crippen LogP contribution in [-0.2, 0) is 9.59 Å². The molecule has 1 fully saturated rings. The fourth-order valence-corrected chi connectivity index (χ4v) is 3.35. The summed E-state index contributed by atoms with van der Waals surface area (Å²) in [5.41, 5.74) is 0.365. The third kappa shape index (κ3) is 3.01. The zero-order chi connectivity index (χ0) is 16.3. The normalized spacial score (nSPS) is 22.0. The van der Waals surface area contributed by atoms with Crippen LogP contribution in [0, 0.1) is 11.3 Å². The zero-order valence-corrected chi connectivity index (χ0v) is 13.7. The summed E-state index contributed by atoms with van der Waals surface area (Å²) in [6.45, 7) is 3.93. The van der Waals surface area contributed by atoms with Gasteiger partial charge in [0.1, 0.15) is 23.6 Å². The predicted molar refractivity (Wildman–Crippen MR) is 84.5 cm³/mol. The lowest BCUT2D eigenvalue weighted by atomic mass is 9.66. The van der Waals surface area contributed by atoms with Crippen molar-refractivity contribution in [3.05, 3.63) is 23.8 Å². The van der Waals surface area contributed by atoms with Gasteiger partial charge in [-0.25, -0.2) is 0 Å². The van der Waals surface area contributed by atoms with E-state index in [1.165, 1.54) is 0 Å². The van der Waals surface area contributed by atoms with Gasteiger partial charge in [-0.2, -0.15) is 0 Å². The van der Waals surface area contributed by atoms with Crippen LogP contribution in [0.2, 0.25) is 0 Å². The molecule has 0 saturated heterocycles. The number of ether oxygens (including phenoxy) is 2. The van der Waals surface area contributed by atoms with Gasteiger partial charge < -0.3 is 14.3 Å². The van der Waals surface area contributed by atoms with Gasteiger partial charge in [-0.1, -0.05) is 20.3 Å². The number of aldehydes is 1. The van der Waals surface area contributed by atoms with Crippen molar-refractivity contribution >= 4 is 12.1 Å². The number of Topliss-reactive ketones (excluding diaryl/α,β-unsaturated/α-hetero) is 1. The van der Waals surface area contributed by atoms with Gasteiger partial charge in [0.05, 0.1) is 20.1 Å². The second-order valence-corrected chi connectivity index (χ2v) is 6.52. The van der Waals surface area contributed by atoms with E-state index in [0.717, 1.165) is 31.1 Å². The Kier molecular flexibility index (Phi) is 4.89. The molecule has 0 radical (unpaired) electrons. The molecule has 120 valence electrons. The molecule has 2 rings (SSSR count). The minimum Gasteiger partial charge on any atom is -0.497 e. The molecule has 0 amide bonds. The average Bonchev–Trinajstić information content (AvgIpc) is 2.52. The fraction of sp³-hybridized carbons (Fsp3) is 0.556. The first-order valence-corrected chi connectivity index (χ1v) is 7.66. The van der Waals surface area contributed by atoms with Crippen molar-refractivity contribution in [3.63, 3.8) is 0 Å². The second kappa shape index (κ2) is 6.51. The maximum Gasteiger partial charge on any atom is 0.142 e. The number of rotatable bonds is 5. The molecule has 1 aromatic rings. The summed E-state index contributed by atoms with van der Waals surface area (Å²) < 4.78 is 10.6. The number of methoxy groups -OCH3 is 2. The lowest BCUT2D eigenvalue weighted by Gasteiger charge is -2.36. The van der Waals surface area contributed by atoms with Crippen LogP contribution in [-0.4, -0.2) is 26.3 Å². The number of hydrogen-bond donors (Lipinski definition) is 0. The van der Waals surface area contributed by atoms with Gasteiger partial charge in [-0.15, -0.1) is 0 Å². The third-order valence-electron chi connectivity index (χ3n) is 4.70. The molecule has 0 unspecified atom stereocenters. The van der Waals surface area contributed by atoms with E-state index in [-0.39, 0.29) is 17.1 Å². The van der Waals surface area contributed by atoms with E-state index in [9.17, 15) is 9.59 Å². The Labute approximate surface area is 131 Å². The minimum atomic E-state index is -0.489. The maximum absolute atomic E-state index is 12.7. The summed E-state index contributed by atoms with van der Waals surface area (Å²) in [6.07, 6.45) is 3.45. The highest BCUT2D eigenvalue weighted by molar-refractivity contribution is 5.91. The molecule has 0 heterocycles. The third-order valence-corrected chi connectivity index (χ3v) is 4.70. The second-order valence-electron chi connectivity index (χ2n) is 6.52. The molecule has 0 aliphatic heterocycles. The molecule has 22 heavy (non-hydrogen) atoms. The summed E-state index contributed by atoms with van der Waals surface area (Å²) in [4.78, 5) is 24.5. The molecule has 1 saturated carbocycles. The van der Waals surface area contributed by atoms with E-state index in [1.54, 1.807) is 32.4 Å². The predicted octanol–water partition coefficient (Wildman–Crippen LogP) is 3.38. The van der Waals surface area contributed by atoms with Crippen LogP contribution >= 0.6 is 0 Å². The highest BCUT2D eigenvalue weighted by Crippen LogP contribution is 2.43. The highest BCUT2D eigenvalue weighted by Gasteiger charge is 2.42. The monoisotopic (exact) mass is 304 g/mol. The van der Waals surface area contributed by atoms with E-state index < -0.39 is 5.92 Å². The fourth-order valence-electron chi connectivity index (χ4n) is 3.35. The first-order valence-electron chi connectivity index (χ1n) is 7.66. The summed E-state index contributed by atoms with van der Waals surface area (Å²) in [6, 6.07) is 5.37. The number of carbonyl (C=O) groups excluding carboxylic acids is 2. The Bertz CT molecular complexity index is 562. The van der Waals surface area contributed by atoms with Crippen LogP contribution < -0.4 is 9.47 Å². The first kappa shape index (κ1) is 16.5. The number of hydrogen-bond acceptors (Lipinski definition) is 4. The zero-order valence-electron chi connectivity index (χ0n) is 13.7. The quantitative estimate of drug-likeness (QED) is 0.783. The van der Waals surface area contributed by atoms with E-state index in [0.29, 0.717) is 11.5 Å². The van der Waals surface area contributed by atoms with Crippen molar-refractivity contribution in [1.82, 2.24) is 0 Å². The van der Waals surface area contributed by atoms with Crippen molar-refractivity contribution in [2.75, 3.05) is 14.2 Å². The van der Waals surface area contributed by atoms with Crippen LogP contribution in [0.5, 0.6) is 11.5 Å². The Morgan fingerprint density at radius 3 is 2.59 bits per heavy atom. The van der Waals surface area contributed by atoms with Crippen molar-refractivity contribution < 1.29 is 19.1 Å². The van der Waals surface area contributed by atoms with Crippen LogP contribution in [0.1, 0.15) is 44.6 Å². The standard InChI is InChI=1S/C18H24O4/c1-18(2)9-5-6-13(17(18)20)15(11-19)14-10-12(21-3)7-8-16(14)22-4/h7-8,10-11,13,15H,5-6,9H2,1-4H3/t13-,15+/m1/s1. The molecule has 4 heteroatoms. The molecule has 0 spiro atoms. The van der Waals surface area contributed by atoms with Crippen molar-refractivity contribution in [3.8, 4) is 11.5 Å². The molecule has 1 aromatic carbocycles. The minimum absolute atomic E-state index is 0.167. The van der Waals surface area contributed by atoms with Crippen molar-refractivity contribution in [2.45, 2.75) is 39.0 Å². The summed E-state index contributed by atoms with van der Waals surface area (Å²) in [5.74, 6) is 0.666. The highest BCUT2D eigenvalue weighted by atomic mass is 16.5. The van der Waals surface area contributed by atoms with Crippen LogP contribution in [0.4, 0.5) is 0 Å². The summed E-state index contributed by atoms with van der Waals surface area (Å²) in [7, 11) is 3.15. The largest absolute Gasteiger partial charge is 0.497 e. The molecule has 0 N–H and O–H groups in total. The Hall–Kier alpha value is -1.84. The Balaban J connectivity index is 2.43. The molecule has 0 aromatic heterocycles. The van der Waals surface area contributed by atoms with Crippen molar-refractivity contribution in [1.29, 1.82) is 0 Å². The summed E-state index contributed by atoms with van der Waals surface area (Å²) in [5, 5.41) is 0.